The van der Waals surface area contributed by atoms with Gasteiger partial charge in [0.1, 0.15) is 0 Å². The quantitative estimate of drug-likeness (QED) is 0.855. The molecule has 1 fully saturated rings. The van der Waals surface area contributed by atoms with Crippen LogP contribution in [0.3, 0.4) is 0 Å². The Hall–Kier alpha value is -2.03. The van der Waals surface area contributed by atoms with Gasteiger partial charge in [0.2, 0.25) is 5.88 Å². The fourth-order valence-corrected chi connectivity index (χ4v) is 2.37. The molecule has 1 aliphatic heterocycles. The highest BCUT2D eigenvalue weighted by atomic mass is 19.4. The highest BCUT2D eigenvalue weighted by molar-refractivity contribution is 5.74. The normalized spacial score (nSPS) is 16.7. The molecule has 134 valence electrons. The number of rotatable bonds is 5. The number of hydrogen-bond acceptors (Lipinski definition) is 4. The van der Waals surface area contributed by atoms with Crippen LogP contribution in [0.1, 0.15) is 18.4 Å². The Kier molecular flexibility index (Phi) is 6.24. The minimum Gasteiger partial charge on any atom is -0.468 e. The SMILES string of the molecule is CN1CCC(NC(=O)NCc2ccnc(OCC(F)(F)F)c2)CC1. The molecule has 24 heavy (non-hydrogen) atoms. The zero-order valence-electron chi connectivity index (χ0n) is 13.4. The maximum atomic E-state index is 12.1. The molecule has 1 aliphatic rings. The summed E-state index contributed by atoms with van der Waals surface area (Å²) in [5, 5.41) is 5.58. The van der Waals surface area contributed by atoms with Gasteiger partial charge in [-0.15, -0.1) is 0 Å². The molecule has 1 saturated heterocycles. The van der Waals surface area contributed by atoms with Crippen molar-refractivity contribution in [1.82, 2.24) is 20.5 Å². The second-order valence-corrected chi connectivity index (χ2v) is 5.81. The van der Waals surface area contributed by atoms with Crippen molar-refractivity contribution in [2.75, 3.05) is 26.7 Å². The molecule has 0 atom stereocenters. The van der Waals surface area contributed by atoms with Gasteiger partial charge >= 0.3 is 12.2 Å². The number of piperidine rings is 1. The minimum atomic E-state index is -4.41. The van der Waals surface area contributed by atoms with E-state index < -0.39 is 12.8 Å². The van der Waals surface area contributed by atoms with Crippen molar-refractivity contribution in [2.45, 2.75) is 31.6 Å². The van der Waals surface area contributed by atoms with Gasteiger partial charge in [-0.2, -0.15) is 13.2 Å². The summed E-state index contributed by atoms with van der Waals surface area (Å²) in [4.78, 5) is 17.8. The number of likely N-dealkylation sites (tertiary alicyclic amines) is 1. The summed E-state index contributed by atoms with van der Waals surface area (Å²) < 4.78 is 40.9. The molecule has 2 N–H and O–H groups in total. The number of halogens is 3. The third kappa shape index (κ3) is 6.61. The van der Waals surface area contributed by atoms with Crippen LogP contribution in [0.2, 0.25) is 0 Å². The Morgan fingerprint density at radius 2 is 2.12 bits per heavy atom. The first-order chi connectivity index (χ1) is 11.3. The van der Waals surface area contributed by atoms with Gasteiger partial charge in [-0.3, -0.25) is 0 Å². The summed E-state index contributed by atoms with van der Waals surface area (Å²) in [5.41, 5.74) is 0.612. The standard InChI is InChI=1S/C15H21F3N4O2/c1-22-6-3-12(4-7-22)21-14(23)20-9-11-2-5-19-13(8-11)24-10-15(16,17)18/h2,5,8,12H,3-4,6-7,9-10H2,1H3,(H2,20,21,23). The monoisotopic (exact) mass is 346 g/mol. The number of hydrogen-bond donors (Lipinski definition) is 2. The van der Waals surface area contributed by atoms with E-state index in [1.54, 1.807) is 6.07 Å². The average molecular weight is 346 g/mol. The topological polar surface area (TPSA) is 66.5 Å². The van der Waals surface area contributed by atoms with Crippen molar-refractivity contribution in [3.05, 3.63) is 23.9 Å². The van der Waals surface area contributed by atoms with E-state index in [-0.39, 0.29) is 24.5 Å². The van der Waals surface area contributed by atoms with Gasteiger partial charge in [-0.1, -0.05) is 0 Å². The van der Waals surface area contributed by atoms with Crippen LogP contribution in [-0.4, -0.2) is 54.9 Å². The van der Waals surface area contributed by atoms with Crippen LogP contribution in [0.5, 0.6) is 5.88 Å². The zero-order chi connectivity index (χ0) is 17.6. The van der Waals surface area contributed by atoms with Crippen molar-refractivity contribution < 1.29 is 22.7 Å². The molecule has 0 saturated carbocycles. The number of nitrogens with zero attached hydrogens (tertiary/aromatic N) is 2. The molecule has 1 aromatic rings. The molecule has 0 spiro atoms. The Labute approximate surface area is 138 Å². The van der Waals surface area contributed by atoms with Crippen molar-refractivity contribution in [2.24, 2.45) is 0 Å². The van der Waals surface area contributed by atoms with E-state index in [0.29, 0.717) is 5.56 Å². The molecule has 0 bridgehead atoms. The molecule has 9 heteroatoms. The molecule has 1 aromatic heterocycles. The minimum absolute atomic E-state index is 0.123. The third-order valence-corrected chi connectivity index (χ3v) is 3.69. The molecule has 2 rings (SSSR count). The molecule has 0 radical (unpaired) electrons. The Bertz CT molecular complexity index is 546. The van der Waals surface area contributed by atoms with E-state index in [0.717, 1.165) is 25.9 Å². The maximum absolute atomic E-state index is 12.1. The first-order valence-electron chi connectivity index (χ1n) is 7.69. The third-order valence-electron chi connectivity index (χ3n) is 3.69. The Balaban J connectivity index is 1.76. The largest absolute Gasteiger partial charge is 0.468 e. The predicted octanol–water partition coefficient (Wildman–Crippen LogP) is 1.92. The summed E-state index contributed by atoms with van der Waals surface area (Å²) in [6.45, 7) is 0.668. The number of carbonyl (C=O) groups excluding carboxylic acids is 1. The number of pyridine rings is 1. The average Bonchev–Trinajstić information content (AvgIpc) is 2.53. The van der Waals surface area contributed by atoms with Crippen molar-refractivity contribution in [1.29, 1.82) is 0 Å². The number of amides is 2. The van der Waals surface area contributed by atoms with E-state index >= 15 is 0 Å². The van der Waals surface area contributed by atoms with Crippen molar-refractivity contribution >= 4 is 6.03 Å². The molecule has 2 heterocycles. The van der Waals surface area contributed by atoms with Gasteiger partial charge in [0.05, 0.1) is 0 Å². The summed E-state index contributed by atoms with van der Waals surface area (Å²) in [6, 6.07) is 2.83. The van der Waals surface area contributed by atoms with Crippen molar-refractivity contribution in [3.63, 3.8) is 0 Å². The second kappa shape index (κ2) is 8.18. The number of urea groups is 1. The van der Waals surface area contributed by atoms with E-state index in [9.17, 15) is 18.0 Å². The lowest BCUT2D eigenvalue weighted by Gasteiger charge is -2.29. The van der Waals surface area contributed by atoms with Crippen LogP contribution < -0.4 is 15.4 Å². The van der Waals surface area contributed by atoms with Gasteiger partial charge in [-0.05, 0) is 44.6 Å². The van der Waals surface area contributed by atoms with Gasteiger partial charge < -0.3 is 20.3 Å². The van der Waals surface area contributed by atoms with Crippen LogP contribution >= 0.6 is 0 Å². The number of alkyl halides is 3. The molecule has 0 aromatic carbocycles. The zero-order valence-corrected chi connectivity index (χ0v) is 13.4. The van der Waals surface area contributed by atoms with Gasteiger partial charge in [-0.25, -0.2) is 9.78 Å². The molecule has 0 aliphatic carbocycles. The number of nitrogens with one attached hydrogen (secondary N) is 2. The number of carbonyl (C=O) groups is 1. The summed E-state index contributed by atoms with van der Waals surface area (Å²) in [5.74, 6) is -0.123. The summed E-state index contributed by atoms with van der Waals surface area (Å²) >= 11 is 0. The highest BCUT2D eigenvalue weighted by Crippen LogP contribution is 2.17. The molecule has 0 unspecified atom stereocenters. The van der Waals surface area contributed by atoms with Crippen LogP contribution in [0.15, 0.2) is 18.3 Å². The molecular weight excluding hydrogens is 325 g/mol. The summed E-state index contributed by atoms with van der Waals surface area (Å²) in [6.07, 6.45) is -1.27. The Morgan fingerprint density at radius 1 is 1.42 bits per heavy atom. The van der Waals surface area contributed by atoms with Gasteiger partial charge in [0.15, 0.2) is 6.61 Å². The van der Waals surface area contributed by atoms with Crippen molar-refractivity contribution in [3.8, 4) is 5.88 Å². The number of ether oxygens (including phenoxy) is 1. The molecular formula is C15H21F3N4O2. The Morgan fingerprint density at radius 3 is 2.79 bits per heavy atom. The van der Waals surface area contributed by atoms with E-state index in [1.165, 1.54) is 12.3 Å². The predicted molar refractivity (Wildman–Crippen MR) is 81.7 cm³/mol. The fraction of sp³-hybridized carbons (Fsp3) is 0.600. The highest BCUT2D eigenvalue weighted by Gasteiger charge is 2.28. The smallest absolute Gasteiger partial charge is 0.422 e. The lowest BCUT2D eigenvalue weighted by Crippen LogP contribution is -2.46. The molecule has 6 nitrogen and oxygen atoms in total. The second-order valence-electron chi connectivity index (χ2n) is 5.81. The lowest BCUT2D eigenvalue weighted by molar-refractivity contribution is -0.154. The van der Waals surface area contributed by atoms with E-state index in [1.807, 2.05) is 7.05 Å². The van der Waals surface area contributed by atoms with Crippen LogP contribution in [0.4, 0.5) is 18.0 Å². The first kappa shape index (κ1) is 18.3. The first-order valence-corrected chi connectivity index (χ1v) is 7.69. The molecule has 2 amide bonds. The van der Waals surface area contributed by atoms with E-state index in [2.05, 4.69) is 25.3 Å². The van der Waals surface area contributed by atoms with Gasteiger partial charge in [0.25, 0.3) is 0 Å². The lowest BCUT2D eigenvalue weighted by atomic mass is 10.1. The summed E-state index contributed by atoms with van der Waals surface area (Å²) in [7, 11) is 2.04. The van der Waals surface area contributed by atoms with Crippen LogP contribution in [0, 0.1) is 0 Å². The van der Waals surface area contributed by atoms with Crippen LogP contribution in [0.25, 0.3) is 0 Å². The fourth-order valence-electron chi connectivity index (χ4n) is 2.37. The number of aromatic nitrogens is 1. The van der Waals surface area contributed by atoms with Gasteiger partial charge in [0, 0.05) is 24.8 Å². The van der Waals surface area contributed by atoms with Crippen LogP contribution in [-0.2, 0) is 6.54 Å². The van der Waals surface area contributed by atoms with E-state index in [4.69, 9.17) is 0 Å². The maximum Gasteiger partial charge on any atom is 0.422 e.